The molecule has 0 fully saturated rings. The molecule has 0 radical (unpaired) electrons. The first-order valence-corrected chi connectivity index (χ1v) is 3.98. The van der Waals surface area contributed by atoms with Gasteiger partial charge in [0.15, 0.2) is 0 Å². The molecule has 1 aromatic carbocycles. The van der Waals surface area contributed by atoms with Crippen molar-refractivity contribution in [2.75, 3.05) is 0 Å². The Balaban J connectivity index is 3.23. The Hall–Kier alpha value is -0.410. The van der Waals surface area contributed by atoms with Crippen molar-refractivity contribution in [1.82, 2.24) is 0 Å². The molecule has 0 aliphatic carbocycles. The molecule has 11 heavy (non-hydrogen) atoms. The zero-order valence-corrected chi connectivity index (χ0v) is 7.71. The highest BCUT2D eigenvalue weighted by Crippen LogP contribution is 2.16. The lowest BCUT2D eigenvalue weighted by Crippen LogP contribution is -1.93. The molecule has 0 heterocycles. The van der Waals surface area contributed by atoms with Crippen LogP contribution in [0.1, 0.15) is 5.56 Å². The van der Waals surface area contributed by atoms with Crippen LogP contribution in [0.25, 0.3) is 0 Å². The van der Waals surface area contributed by atoms with Gasteiger partial charge < -0.3 is 0 Å². The highest BCUT2D eigenvalue weighted by molar-refractivity contribution is 9.10. The Bertz CT molecular complexity index is 300. The van der Waals surface area contributed by atoms with E-state index in [4.69, 9.17) is 17.0 Å². The number of benzene rings is 1. The van der Waals surface area contributed by atoms with Crippen LogP contribution < -0.4 is 0 Å². The SMILES string of the molecule is N=C(Cl)c1cc(Br)ccc1F. The first-order chi connectivity index (χ1) is 5.11. The minimum absolute atomic E-state index is 0.112. The smallest absolute Gasteiger partial charge is 0.133 e. The molecular formula is C7H4BrClFN. The van der Waals surface area contributed by atoms with Gasteiger partial charge in [0.05, 0.1) is 0 Å². The standard InChI is InChI=1S/C7H4BrClFN/c8-4-1-2-6(10)5(3-4)7(9)11/h1-3,11H. The predicted molar refractivity (Wildman–Crippen MR) is 46.8 cm³/mol. The monoisotopic (exact) mass is 235 g/mol. The third-order valence-corrected chi connectivity index (χ3v) is 1.86. The fourth-order valence-electron chi connectivity index (χ4n) is 0.666. The number of hydrogen-bond acceptors (Lipinski definition) is 1. The van der Waals surface area contributed by atoms with E-state index in [0.717, 1.165) is 0 Å². The lowest BCUT2D eigenvalue weighted by molar-refractivity contribution is 0.625. The van der Waals surface area contributed by atoms with E-state index in [2.05, 4.69) is 15.9 Å². The van der Waals surface area contributed by atoms with Crippen molar-refractivity contribution < 1.29 is 4.39 Å². The molecule has 0 aliphatic rings. The lowest BCUT2D eigenvalue weighted by atomic mass is 10.2. The number of nitrogens with one attached hydrogen (secondary N) is 1. The second-order valence-electron chi connectivity index (χ2n) is 1.94. The summed E-state index contributed by atoms with van der Waals surface area (Å²) in [7, 11) is 0. The van der Waals surface area contributed by atoms with Crippen LogP contribution in [0, 0.1) is 11.2 Å². The molecule has 1 aromatic rings. The van der Waals surface area contributed by atoms with Crippen LogP contribution in [-0.4, -0.2) is 5.17 Å². The molecule has 1 rings (SSSR count). The summed E-state index contributed by atoms with van der Waals surface area (Å²) < 4.78 is 13.5. The van der Waals surface area contributed by atoms with E-state index in [1.165, 1.54) is 12.1 Å². The van der Waals surface area contributed by atoms with Gasteiger partial charge >= 0.3 is 0 Å². The summed E-state index contributed by atoms with van der Waals surface area (Å²) in [5.74, 6) is -0.479. The summed E-state index contributed by atoms with van der Waals surface area (Å²) in [6, 6.07) is 4.28. The van der Waals surface area contributed by atoms with Gasteiger partial charge in [-0.3, -0.25) is 5.41 Å². The molecule has 0 saturated carbocycles. The Kier molecular flexibility index (Phi) is 2.62. The normalized spacial score (nSPS) is 9.73. The molecule has 0 aliphatic heterocycles. The van der Waals surface area contributed by atoms with Gasteiger partial charge in [0.25, 0.3) is 0 Å². The molecule has 0 aromatic heterocycles. The third-order valence-electron chi connectivity index (χ3n) is 1.16. The van der Waals surface area contributed by atoms with E-state index < -0.39 is 5.82 Å². The quantitative estimate of drug-likeness (QED) is 0.724. The van der Waals surface area contributed by atoms with E-state index in [9.17, 15) is 4.39 Å². The van der Waals surface area contributed by atoms with Crippen molar-refractivity contribution in [1.29, 1.82) is 5.41 Å². The van der Waals surface area contributed by atoms with E-state index >= 15 is 0 Å². The maximum Gasteiger partial charge on any atom is 0.133 e. The Morgan fingerprint density at radius 2 is 2.18 bits per heavy atom. The Labute approximate surface area is 76.8 Å². The molecule has 4 heteroatoms. The van der Waals surface area contributed by atoms with Crippen LogP contribution in [0.15, 0.2) is 22.7 Å². The highest BCUT2D eigenvalue weighted by atomic mass is 79.9. The zero-order chi connectivity index (χ0) is 8.43. The fraction of sp³-hybridized carbons (Fsp3) is 0. The van der Waals surface area contributed by atoms with Gasteiger partial charge in [0.1, 0.15) is 11.0 Å². The molecule has 1 N–H and O–H groups in total. The van der Waals surface area contributed by atoms with Gasteiger partial charge in [0, 0.05) is 10.0 Å². The maximum atomic E-state index is 12.8. The number of halogens is 3. The van der Waals surface area contributed by atoms with E-state index in [0.29, 0.717) is 4.47 Å². The Morgan fingerprint density at radius 1 is 1.55 bits per heavy atom. The summed E-state index contributed by atoms with van der Waals surface area (Å²) in [5, 5.41) is 6.69. The molecule has 0 bridgehead atoms. The molecule has 58 valence electrons. The second kappa shape index (κ2) is 3.32. The van der Waals surface area contributed by atoms with E-state index in [1.807, 2.05) is 0 Å². The van der Waals surface area contributed by atoms with Crippen molar-refractivity contribution in [3.63, 3.8) is 0 Å². The molecule has 0 saturated heterocycles. The summed E-state index contributed by atoms with van der Waals surface area (Å²) in [6.45, 7) is 0. The maximum absolute atomic E-state index is 12.8. The van der Waals surface area contributed by atoms with Gasteiger partial charge in [-0.25, -0.2) is 4.39 Å². The van der Waals surface area contributed by atoms with Crippen molar-refractivity contribution >= 4 is 32.7 Å². The Morgan fingerprint density at radius 3 is 2.64 bits per heavy atom. The average molecular weight is 236 g/mol. The average Bonchev–Trinajstić information content (AvgIpc) is 1.94. The third kappa shape index (κ3) is 2.01. The van der Waals surface area contributed by atoms with Gasteiger partial charge in [-0.15, -0.1) is 0 Å². The van der Waals surface area contributed by atoms with E-state index in [1.54, 1.807) is 6.07 Å². The zero-order valence-electron chi connectivity index (χ0n) is 5.37. The van der Waals surface area contributed by atoms with Crippen molar-refractivity contribution in [3.05, 3.63) is 34.1 Å². The molecular weight excluding hydrogens is 232 g/mol. The molecule has 0 amide bonds. The first kappa shape index (κ1) is 8.68. The van der Waals surface area contributed by atoms with Gasteiger partial charge in [-0.2, -0.15) is 0 Å². The molecule has 1 nitrogen and oxygen atoms in total. The van der Waals surface area contributed by atoms with Crippen LogP contribution in [0.3, 0.4) is 0 Å². The van der Waals surface area contributed by atoms with Crippen LogP contribution in [0.5, 0.6) is 0 Å². The summed E-state index contributed by atoms with van der Waals surface area (Å²) >= 11 is 8.45. The summed E-state index contributed by atoms with van der Waals surface area (Å²) in [4.78, 5) is 0. The largest absolute Gasteiger partial charge is 0.289 e. The number of hydrogen-bond donors (Lipinski definition) is 1. The first-order valence-electron chi connectivity index (χ1n) is 2.80. The van der Waals surface area contributed by atoms with Crippen molar-refractivity contribution in [2.45, 2.75) is 0 Å². The van der Waals surface area contributed by atoms with E-state index in [-0.39, 0.29) is 10.7 Å². The predicted octanol–water partition coefficient (Wildman–Crippen LogP) is 3.15. The van der Waals surface area contributed by atoms with Crippen LogP contribution >= 0.6 is 27.5 Å². The van der Waals surface area contributed by atoms with Gasteiger partial charge in [-0.05, 0) is 18.2 Å². The van der Waals surface area contributed by atoms with Crippen molar-refractivity contribution in [2.24, 2.45) is 0 Å². The topological polar surface area (TPSA) is 23.9 Å². The highest BCUT2D eigenvalue weighted by Gasteiger charge is 2.05. The lowest BCUT2D eigenvalue weighted by Gasteiger charge is -1.98. The molecule has 0 unspecified atom stereocenters. The van der Waals surface area contributed by atoms with Crippen LogP contribution in [0.4, 0.5) is 4.39 Å². The van der Waals surface area contributed by atoms with Gasteiger partial charge in [0.2, 0.25) is 0 Å². The minimum Gasteiger partial charge on any atom is -0.289 e. The fourth-order valence-corrected chi connectivity index (χ4v) is 1.17. The van der Waals surface area contributed by atoms with Crippen LogP contribution in [0.2, 0.25) is 0 Å². The number of rotatable bonds is 1. The summed E-state index contributed by atoms with van der Waals surface area (Å²) in [6.07, 6.45) is 0. The molecule has 0 atom stereocenters. The second-order valence-corrected chi connectivity index (χ2v) is 3.23. The summed E-state index contributed by atoms with van der Waals surface area (Å²) in [5.41, 5.74) is 0.112. The van der Waals surface area contributed by atoms with Crippen LogP contribution in [-0.2, 0) is 0 Å². The van der Waals surface area contributed by atoms with Gasteiger partial charge in [-0.1, -0.05) is 27.5 Å². The minimum atomic E-state index is -0.479. The van der Waals surface area contributed by atoms with Crippen molar-refractivity contribution in [3.8, 4) is 0 Å². The molecule has 0 spiro atoms.